The van der Waals surface area contributed by atoms with Crippen molar-refractivity contribution in [3.8, 4) is 0 Å². The minimum atomic E-state index is -4.48. The van der Waals surface area contributed by atoms with Crippen LogP contribution < -0.4 is 5.73 Å². The summed E-state index contributed by atoms with van der Waals surface area (Å²) in [5.74, 6) is -1.05. The van der Waals surface area contributed by atoms with Crippen molar-refractivity contribution in [2.45, 2.75) is 50.4 Å². The highest BCUT2D eigenvalue weighted by molar-refractivity contribution is 5.95. The number of halogens is 4. The number of hydrogen-bond acceptors (Lipinski definition) is 4. The molecule has 11 heteroatoms. The van der Waals surface area contributed by atoms with Crippen LogP contribution in [0, 0.1) is 5.82 Å². The number of carbonyl (C=O) groups excluding carboxylic acids is 2. The molecule has 0 radical (unpaired) electrons. The van der Waals surface area contributed by atoms with E-state index < -0.39 is 23.9 Å². The van der Waals surface area contributed by atoms with E-state index in [1.165, 1.54) is 24.4 Å². The Kier molecular flexibility index (Phi) is 6.55. The molecule has 2 saturated heterocycles. The zero-order valence-corrected chi connectivity index (χ0v) is 20.0. The Morgan fingerprint density at radius 2 is 1.84 bits per heavy atom. The van der Waals surface area contributed by atoms with Crippen molar-refractivity contribution in [3.05, 3.63) is 59.7 Å². The maximum Gasteiger partial charge on any atom is 0.408 e. The Labute approximate surface area is 210 Å². The van der Waals surface area contributed by atoms with E-state index in [1.807, 2.05) is 0 Å². The number of alkyl halides is 3. The molecule has 2 N–H and O–H groups in total. The van der Waals surface area contributed by atoms with Gasteiger partial charge in [-0.1, -0.05) is 6.07 Å². The van der Waals surface area contributed by atoms with Gasteiger partial charge in [0.25, 0.3) is 5.91 Å². The molecule has 5 rings (SSSR count). The van der Waals surface area contributed by atoms with Crippen molar-refractivity contribution >= 4 is 28.5 Å². The number of pyridine rings is 1. The van der Waals surface area contributed by atoms with Gasteiger partial charge in [0.15, 0.2) is 0 Å². The predicted octanol–water partition coefficient (Wildman–Crippen LogP) is 4.33. The summed E-state index contributed by atoms with van der Waals surface area (Å²) in [6.45, 7) is 0.659. The summed E-state index contributed by atoms with van der Waals surface area (Å²) in [6, 6.07) is 5.89. The number of carbonyl (C=O) groups is 2. The molecular formula is C26H27F4N5O2. The first-order valence-electron chi connectivity index (χ1n) is 12.3. The van der Waals surface area contributed by atoms with Gasteiger partial charge in [0.05, 0.1) is 5.52 Å². The lowest BCUT2D eigenvalue weighted by Gasteiger charge is -2.32. The van der Waals surface area contributed by atoms with Crippen molar-refractivity contribution < 1.29 is 27.2 Å². The maximum absolute atomic E-state index is 15.0. The monoisotopic (exact) mass is 517 g/mol. The lowest BCUT2D eigenvalue weighted by molar-refractivity contribution is -0.182. The van der Waals surface area contributed by atoms with Crippen molar-refractivity contribution in [2.24, 2.45) is 0 Å². The van der Waals surface area contributed by atoms with Crippen LogP contribution in [-0.4, -0.2) is 63.0 Å². The molecule has 1 aromatic carbocycles. The van der Waals surface area contributed by atoms with Crippen LogP contribution in [0.3, 0.4) is 0 Å². The molecule has 2 amide bonds. The van der Waals surface area contributed by atoms with Crippen LogP contribution in [0.1, 0.15) is 47.5 Å². The Balaban J connectivity index is 1.36. The highest BCUT2D eigenvalue weighted by Crippen LogP contribution is 2.37. The lowest BCUT2D eigenvalue weighted by Crippen LogP contribution is -2.45. The van der Waals surface area contributed by atoms with Crippen LogP contribution in [0.5, 0.6) is 0 Å². The van der Waals surface area contributed by atoms with Crippen LogP contribution >= 0.6 is 0 Å². The van der Waals surface area contributed by atoms with Gasteiger partial charge in [0, 0.05) is 43.0 Å². The van der Waals surface area contributed by atoms with Crippen molar-refractivity contribution in [1.82, 2.24) is 19.4 Å². The molecule has 0 aliphatic carbocycles. The van der Waals surface area contributed by atoms with Crippen LogP contribution in [0.2, 0.25) is 0 Å². The summed E-state index contributed by atoms with van der Waals surface area (Å²) in [4.78, 5) is 32.3. The average molecular weight is 518 g/mol. The van der Waals surface area contributed by atoms with Crippen molar-refractivity contribution in [1.29, 1.82) is 0 Å². The van der Waals surface area contributed by atoms with Crippen LogP contribution in [0.15, 0.2) is 42.7 Å². The summed E-state index contributed by atoms with van der Waals surface area (Å²) in [7, 11) is 0. The molecule has 3 aromatic rings. The first-order valence-corrected chi connectivity index (χ1v) is 12.3. The molecule has 196 valence electrons. The largest absolute Gasteiger partial charge is 0.408 e. The highest BCUT2D eigenvalue weighted by Gasteiger charge is 2.47. The number of nitrogen functional groups attached to an aromatic ring is 1. The second-order valence-corrected chi connectivity index (χ2v) is 9.67. The van der Waals surface area contributed by atoms with Crippen molar-refractivity contribution in [3.63, 3.8) is 0 Å². The molecule has 2 aliphatic heterocycles. The van der Waals surface area contributed by atoms with Gasteiger partial charge in [-0.15, -0.1) is 0 Å². The number of amides is 2. The molecule has 0 bridgehead atoms. The van der Waals surface area contributed by atoms with E-state index in [-0.39, 0.29) is 37.2 Å². The number of fused-ring (bicyclic) bond motifs is 1. The standard InChI is InChI=1S/C26H27F4N5O2/c27-19-3-1-4-20-24(19)18(14-34(20)15-23(36)35-10-2-5-21(35)26(28,29)30)16-7-11-33(12-8-16)25(37)17-6-9-32-22(31)13-17/h1,3-4,6,9,13-14,16,21H,2,5,7-8,10-12,15H2,(H2,31,32)/t21-/m0/s1. The van der Waals surface area contributed by atoms with E-state index in [0.717, 1.165) is 4.90 Å². The maximum atomic E-state index is 15.0. The number of rotatable bonds is 4. The Bertz CT molecular complexity index is 1330. The van der Waals surface area contributed by atoms with Crippen LogP contribution in [0.4, 0.5) is 23.4 Å². The highest BCUT2D eigenvalue weighted by atomic mass is 19.4. The summed E-state index contributed by atoms with van der Waals surface area (Å²) in [5.41, 5.74) is 7.32. The second kappa shape index (κ2) is 9.68. The smallest absolute Gasteiger partial charge is 0.384 e. The molecule has 0 saturated carbocycles. The molecule has 0 unspecified atom stereocenters. The van der Waals surface area contributed by atoms with Gasteiger partial charge < -0.3 is 20.1 Å². The Morgan fingerprint density at radius 1 is 1.08 bits per heavy atom. The zero-order chi connectivity index (χ0) is 26.3. The molecular weight excluding hydrogens is 490 g/mol. The summed E-state index contributed by atoms with van der Waals surface area (Å²) in [5, 5.41) is 0.371. The third-order valence-electron chi connectivity index (χ3n) is 7.39. The van der Waals surface area contributed by atoms with E-state index in [0.29, 0.717) is 54.4 Å². The van der Waals surface area contributed by atoms with Gasteiger partial charge in [-0.2, -0.15) is 13.2 Å². The SMILES string of the molecule is Nc1cc(C(=O)N2CCC(c3cn(CC(=O)N4CCC[C@H]4C(F)(F)F)c4cccc(F)c34)CC2)ccn1. The third kappa shape index (κ3) is 4.86. The fourth-order valence-electron chi connectivity index (χ4n) is 5.58. The Morgan fingerprint density at radius 3 is 2.54 bits per heavy atom. The van der Waals surface area contributed by atoms with Gasteiger partial charge in [-0.05, 0) is 61.4 Å². The first kappa shape index (κ1) is 25.0. The van der Waals surface area contributed by atoms with Gasteiger partial charge in [-0.3, -0.25) is 9.59 Å². The Hall–Kier alpha value is -3.63. The number of piperidine rings is 1. The van der Waals surface area contributed by atoms with E-state index >= 15 is 0 Å². The zero-order valence-electron chi connectivity index (χ0n) is 20.0. The number of anilines is 1. The number of hydrogen-bond donors (Lipinski definition) is 1. The molecule has 0 spiro atoms. The topological polar surface area (TPSA) is 84.5 Å². The molecule has 37 heavy (non-hydrogen) atoms. The van der Waals surface area contributed by atoms with Crippen molar-refractivity contribution in [2.75, 3.05) is 25.4 Å². The lowest BCUT2D eigenvalue weighted by atomic mass is 9.89. The number of aromatic nitrogens is 2. The van der Waals surface area contributed by atoms with Gasteiger partial charge in [-0.25, -0.2) is 9.37 Å². The minimum Gasteiger partial charge on any atom is -0.384 e. The summed E-state index contributed by atoms with van der Waals surface area (Å²) >= 11 is 0. The fourth-order valence-corrected chi connectivity index (χ4v) is 5.58. The van der Waals surface area contributed by atoms with E-state index in [2.05, 4.69) is 4.98 Å². The number of nitrogens with zero attached hydrogens (tertiary/aromatic N) is 4. The molecule has 2 aliphatic rings. The van der Waals surface area contributed by atoms with Crippen LogP contribution in [-0.2, 0) is 11.3 Å². The van der Waals surface area contributed by atoms with E-state index in [9.17, 15) is 27.2 Å². The fraction of sp³-hybridized carbons (Fsp3) is 0.423. The second-order valence-electron chi connectivity index (χ2n) is 9.67. The van der Waals surface area contributed by atoms with E-state index in [4.69, 9.17) is 5.73 Å². The molecule has 4 heterocycles. The molecule has 7 nitrogen and oxygen atoms in total. The van der Waals surface area contributed by atoms with Crippen LogP contribution in [0.25, 0.3) is 10.9 Å². The summed E-state index contributed by atoms with van der Waals surface area (Å²) < 4.78 is 56.7. The van der Waals surface area contributed by atoms with Gasteiger partial charge >= 0.3 is 6.18 Å². The van der Waals surface area contributed by atoms with Gasteiger partial charge in [0.2, 0.25) is 5.91 Å². The van der Waals surface area contributed by atoms with Gasteiger partial charge in [0.1, 0.15) is 24.2 Å². The van der Waals surface area contributed by atoms with E-state index in [1.54, 1.807) is 27.8 Å². The molecule has 2 aromatic heterocycles. The summed E-state index contributed by atoms with van der Waals surface area (Å²) in [6.07, 6.45) is 0.0430. The number of benzene rings is 1. The molecule has 1 atom stereocenters. The average Bonchev–Trinajstić information content (AvgIpc) is 3.50. The number of nitrogens with two attached hydrogens (primary N) is 1. The first-order chi connectivity index (χ1) is 17.6. The normalized spacial score (nSPS) is 19.1. The molecule has 2 fully saturated rings. The minimum absolute atomic E-state index is 0.0546. The number of likely N-dealkylation sites (tertiary alicyclic amines) is 2. The predicted molar refractivity (Wildman–Crippen MR) is 129 cm³/mol. The quantitative estimate of drug-likeness (QED) is 0.522. The third-order valence-corrected chi connectivity index (χ3v) is 7.39.